The molecule has 1 aromatic heterocycles. The zero-order chi connectivity index (χ0) is 22.5. The first-order valence-electron chi connectivity index (χ1n) is 10.5. The second kappa shape index (κ2) is 10.2. The number of aromatic nitrogens is 1. The van der Waals surface area contributed by atoms with Gasteiger partial charge < -0.3 is 15.1 Å². The summed E-state index contributed by atoms with van der Waals surface area (Å²) in [5.41, 5.74) is 3.65. The lowest BCUT2D eigenvalue weighted by atomic mass is 10.2. The Bertz CT molecular complexity index is 1090. The van der Waals surface area contributed by atoms with Crippen molar-refractivity contribution in [3.05, 3.63) is 75.7 Å². The molecule has 1 aliphatic rings. The molecule has 0 saturated carbocycles. The van der Waals surface area contributed by atoms with Gasteiger partial charge in [0.25, 0.3) is 5.91 Å². The summed E-state index contributed by atoms with van der Waals surface area (Å²) in [7, 11) is 0. The van der Waals surface area contributed by atoms with Crippen LogP contribution >= 0.6 is 23.1 Å². The van der Waals surface area contributed by atoms with Gasteiger partial charge in [0.15, 0.2) is 0 Å². The molecule has 0 bridgehead atoms. The van der Waals surface area contributed by atoms with Crippen molar-refractivity contribution in [1.82, 2.24) is 14.8 Å². The van der Waals surface area contributed by atoms with E-state index in [9.17, 15) is 9.59 Å². The number of amides is 3. The monoisotopic (exact) mass is 466 g/mol. The predicted molar refractivity (Wildman–Crippen MR) is 131 cm³/mol. The number of benzene rings is 2. The molecule has 1 N–H and O–H groups in total. The van der Waals surface area contributed by atoms with E-state index in [1.807, 2.05) is 67.3 Å². The maximum Gasteiger partial charge on any atom is 0.321 e. The van der Waals surface area contributed by atoms with Gasteiger partial charge in [0.1, 0.15) is 0 Å². The first-order valence-corrected chi connectivity index (χ1v) is 12.4. The molecule has 2 aromatic carbocycles. The molecule has 1 fully saturated rings. The number of hydrogen-bond donors (Lipinski definition) is 1. The summed E-state index contributed by atoms with van der Waals surface area (Å²) in [5.74, 6) is 0.833. The van der Waals surface area contributed by atoms with E-state index in [-0.39, 0.29) is 11.9 Å². The van der Waals surface area contributed by atoms with E-state index >= 15 is 0 Å². The van der Waals surface area contributed by atoms with Crippen LogP contribution in [0.15, 0.2) is 58.8 Å². The lowest BCUT2D eigenvalue weighted by Crippen LogP contribution is -2.51. The second-order valence-corrected chi connectivity index (χ2v) is 9.86. The molecule has 32 heavy (non-hydrogen) atoms. The fourth-order valence-corrected chi connectivity index (χ4v) is 5.06. The van der Waals surface area contributed by atoms with Crippen LogP contribution in [0.4, 0.5) is 10.5 Å². The predicted octanol–water partition coefficient (Wildman–Crippen LogP) is 5.04. The van der Waals surface area contributed by atoms with Gasteiger partial charge >= 0.3 is 6.03 Å². The van der Waals surface area contributed by atoms with Crippen LogP contribution < -0.4 is 5.32 Å². The Morgan fingerprint density at radius 1 is 1.03 bits per heavy atom. The number of nitrogens with one attached hydrogen (secondary N) is 1. The van der Waals surface area contributed by atoms with Crippen LogP contribution in [0.2, 0.25) is 0 Å². The number of aryl methyl sites for hydroxylation is 2. The Morgan fingerprint density at radius 3 is 2.41 bits per heavy atom. The smallest absolute Gasteiger partial charge is 0.321 e. The van der Waals surface area contributed by atoms with E-state index in [2.05, 4.69) is 15.7 Å². The van der Waals surface area contributed by atoms with Crippen molar-refractivity contribution in [1.29, 1.82) is 0 Å². The highest BCUT2D eigenvalue weighted by atomic mass is 32.2. The van der Waals surface area contributed by atoms with E-state index in [0.717, 1.165) is 32.6 Å². The van der Waals surface area contributed by atoms with Crippen LogP contribution in [0.25, 0.3) is 0 Å². The lowest BCUT2D eigenvalue weighted by Gasteiger charge is -2.34. The summed E-state index contributed by atoms with van der Waals surface area (Å²) in [6.45, 7) is 6.09. The molecular weight excluding hydrogens is 440 g/mol. The number of rotatable bonds is 5. The van der Waals surface area contributed by atoms with Crippen molar-refractivity contribution in [3.8, 4) is 0 Å². The van der Waals surface area contributed by atoms with E-state index in [1.165, 1.54) is 0 Å². The normalized spacial score (nSPS) is 13.8. The van der Waals surface area contributed by atoms with Gasteiger partial charge in [0, 0.05) is 53.5 Å². The maximum absolute atomic E-state index is 12.9. The maximum atomic E-state index is 12.9. The van der Waals surface area contributed by atoms with Crippen LogP contribution in [0.1, 0.15) is 26.6 Å². The quantitative estimate of drug-likeness (QED) is 0.535. The molecule has 4 rings (SSSR count). The van der Waals surface area contributed by atoms with Gasteiger partial charge in [-0.1, -0.05) is 12.1 Å². The number of carbonyl (C=O) groups is 2. The molecule has 3 aromatic rings. The second-order valence-electron chi connectivity index (χ2n) is 7.75. The van der Waals surface area contributed by atoms with Crippen molar-refractivity contribution in [2.45, 2.75) is 24.5 Å². The Labute approximate surface area is 196 Å². The molecule has 0 aliphatic carbocycles. The minimum atomic E-state index is -0.126. The summed E-state index contributed by atoms with van der Waals surface area (Å²) in [6, 6.07) is 15.4. The molecule has 1 saturated heterocycles. The Kier molecular flexibility index (Phi) is 7.12. The zero-order valence-corrected chi connectivity index (χ0v) is 19.8. The third-order valence-corrected chi connectivity index (χ3v) is 7.15. The number of nitrogens with zero attached hydrogens (tertiary/aromatic N) is 3. The first-order chi connectivity index (χ1) is 15.5. The van der Waals surface area contributed by atoms with E-state index in [4.69, 9.17) is 0 Å². The van der Waals surface area contributed by atoms with Crippen LogP contribution in [-0.2, 0) is 5.75 Å². The van der Waals surface area contributed by atoms with Crippen LogP contribution in [0, 0.1) is 13.8 Å². The van der Waals surface area contributed by atoms with Crippen molar-refractivity contribution in [2.75, 3.05) is 31.5 Å². The number of anilines is 1. The highest BCUT2D eigenvalue weighted by Crippen LogP contribution is 2.24. The van der Waals surface area contributed by atoms with E-state index in [1.54, 1.807) is 28.0 Å². The minimum absolute atomic E-state index is 0.00965. The molecule has 3 amide bonds. The standard InChI is InChI=1S/C24H26N4O2S2/c1-17-4-3-5-20(14-17)26-24(30)28-12-10-27(11-13-28)23(29)19-6-8-22(9-7-19)32-16-21-15-31-18(2)25-21/h3-9,14-15H,10-13,16H2,1-2H3,(H,26,30). The average Bonchev–Trinajstić information content (AvgIpc) is 3.23. The van der Waals surface area contributed by atoms with Crippen LogP contribution in [0.5, 0.6) is 0 Å². The number of carbonyl (C=O) groups excluding carboxylic acids is 2. The highest BCUT2D eigenvalue weighted by molar-refractivity contribution is 7.98. The fourth-order valence-electron chi connectivity index (χ4n) is 3.55. The molecule has 1 aliphatic heterocycles. The summed E-state index contributed by atoms with van der Waals surface area (Å²) < 4.78 is 0. The van der Waals surface area contributed by atoms with Gasteiger partial charge in [0.05, 0.1) is 10.7 Å². The van der Waals surface area contributed by atoms with E-state index < -0.39 is 0 Å². The largest absolute Gasteiger partial charge is 0.335 e. The molecule has 0 atom stereocenters. The zero-order valence-electron chi connectivity index (χ0n) is 18.2. The van der Waals surface area contributed by atoms with E-state index in [0.29, 0.717) is 31.7 Å². The summed E-state index contributed by atoms with van der Waals surface area (Å²) in [4.78, 5) is 34.6. The average molecular weight is 467 g/mol. The van der Waals surface area contributed by atoms with Crippen molar-refractivity contribution < 1.29 is 9.59 Å². The first kappa shape index (κ1) is 22.4. The molecule has 8 heteroatoms. The van der Waals surface area contributed by atoms with Crippen molar-refractivity contribution >= 4 is 40.7 Å². The van der Waals surface area contributed by atoms with Gasteiger partial charge in [-0.15, -0.1) is 23.1 Å². The van der Waals surface area contributed by atoms with Gasteiger partial charge in [0.2, 0.25) is 0 Å². The van der Waals surface area contributed by atoms with Crippen molar-refractivity contribution in [2.24, 2.45) is 0 Å². The van der Waals surface area contributed by atoms with Gasteiger partial charge in [-0.2, -0.15) is 0 Å². The summed E-state index contributed by atoms with van der Waals surface area (Å²) in [5, 5.41) is 6.10. The highest BCUT2D eigenvalue weighted by Gasteiger charge is 2.25. The molecule has 2 heterocycles. The Hall–Kier alpha value is -2.84. The van der Waals surface area contributed by atoms with Gasteiger partial charge in [-0.05, 0) is 55.8 Å². The third kappa shape index (κ3) is 5.69. The SMILES string of the molecule is Cc1cccc(NC(=O)N2CCN(C(=O)c3ccc(SCc4csc(C)n4)cc3)CC2)c1. The molecule has 0 unspecified atom stereocenters. The number of thiazole rings is 1. The third-order valence-electron chi connectivity index (χ3n) is 5.28. The van der Waals surface area contributed by atoms with Gasteiger partial charge in [-0.3, -0.25) is 4.79 Å². The fraction of sp³-hybridized carbons (Fsp3) is 0.292. The molecule has 166 valence electrons. The molecule has 0 radical (unpaired) electrons. The molecule has 0 spiro atoms. The Balaban J connectivity index is 1.26. The van der Waals surface area contributed by atoms with Gasteiger partial charge in [-0.25, -0.2) is 9.78 Å². The topological polar surface area (TPSA) is 65.5 Å². The summed E-state index contributed by atoms with van der Waals surface area (Å²) in [6.07, 6.45) is 0. The minimum Gasteiger partial charge on any atom is -0.335 e. The number of thioether (sulfide) groups is 1. The molecule has 6 nitrogen and oxygen atoms in total. The number of piperazine rings is 1. The lowest BCUT2D eigenvalue weighted by molar-refractivity contribution is 0.0671. The number of urea groups is 1. The van der Waals surface area contributed by atoms with Crippen molar-refractivity contribution in [3.63, 3.8) is 0 Å². The number of hydrogen-bond acceptors (Lipinski definition) is 5. The van der Waals surface area contributed by atoms with Crippen LogP contribution in [0.3, 0.4) is 0 Å². The summed E-state index contributed by atoms with van der Waals surface area (Å²) >= 11 is 3.38. The Morgan fingerprint density at radius 2 is 1.75 bits per heavy atom. The van der Waals surface area contributed by atoms with Crippen LogP contribution in [-0.4, -0.2) is 52.9 Å². The molecular formula is C24H26N4O2S2.